The summed E-state index contributed by atoms with van der Waals surface area (Å²) < 4.78 is 1.62. The van der Waals surface area contributed by atoms with Crippen LogP contribution < -0.4 is 10.9 Å². The summed E-state index contributed by atoms with van der Waals surface area (Å²) >= 11 is 0. The molecule has 0 fully saturated rings. The molecule has 6 heteroatoms. The molecule has 0 spiro atoms. The molecule has 0 aliphatic rings. The van der Waals surface area contributed by atoms with Crippen LogP contribution in [0, 0.1) is 0 Å². The molecular weight excluding hydrogens is 326 g/mol. The summed E-state index contributed by atoms with van der Waals surface area (Å²) in [6.45, 7) is 0. The lowest BCUT2D eigenvalue weighted by Crippen LogP contribution is -2.25. The zero-order chi connectivity index (χ0) is 17.9. The van der Waals surface area contributed by atoms with Gasteiger partial charge in [0.15, 0.2) is 5.65 Å². The Balaban J connectivity index is 1.95. The van der Waals surface area contributed by atoms with Gasteiger partial charge in [-0.25, -0.2) is 9.97 Å². The Labute approximate surface area is 150 Å². The van der Waals surface area contributed by atoms with Gasteiger partial charge in [-0.15, -0.1) is 0 Å². The van der Waals surface area contributed by atoms with Gasteiger partial charge in [-0.1, -0.05) is 12.1 Å². The van der Waals surface area contributed by atoms with Crippen LogP contribution in [0.3, 0.4) is 0 Å². The first-order valence-electron chi connectivity index (χ1n) is 8.30. The average Bonchev–Trinajstić information content (AvgIpc) is 2.69. The Morgan fingerprint density at radius 1 is 1.08 bits per heavy atom. The first-order valence-corrected chi connectivity index (χ1v) is 8.30. The van der Waals surface area contributed by atoms with Gasteiger partial charge in [-0.3, -0.25) is 14.3 Å². The van der Waals surface area contributed by atoms with Crippen LogP contribution in [-0.2, 0) is 6.42 Å². The van der Waals surface area contributed by atoms with Crippen molar-refractivity contribution in [3.8, 4) is 5.69 Å². The maximum absolute atomic E-state index is 13.2. The van der Waals surface area contributed by atoms with Gasteiger partial charge in [0.25, 0.3) is 5.56 Å². The van der Waals surface area contributed by atoms with E-state index in [1.807, 2.05) is 55.6 Å². The second kappa shape index (κ2) is 6.76. The second-order valence-corrected chi connectivity index (χ2v) is 5.88. The molecule has 0 atom stereocenters. The summed E-state index contributed by atoms with van der Waals surface area (Å²) in [5.74, 6) is 0. The summed E-state index contributed by atoms with van der Waals surface area (Å²) in [5.41, 5.74) is 4.13. The SMILES string of the molecule is CNc1cccc(-n2c(=O)c(Cc3cccnc3)nc3cccnc32)c1. The summed E-state index contributed by atoms with van der Waals surface area (Å²) in [7, 11) is 1.85. The quantitative estimate of drug-likeness (QED) is 0.617. The number of anilines is 1. The van der Waals surface area contributed by atoms with Crippen LogP contribution in [0.5, 0.6) is 0 Å². The highest BCUT2D eigenvalue weighted by atomic mass is 16.1. The number of nitrogens with one attached hydrogen (secondary N) is 1. The molecule has 0 unspecified atom stereocenters. The lowest BCUT2D eigenvalue weighted by Gasteiger charge is -2.12. The third-order valence-corrected chi connectivity index (χ3v) is 4.17. The van der Waals surface area contributed by atoms with E-state index in [1.54, 1.807) is 23.2 Å². The van der Waals surface area contributed by atoms with Crippen LogP contribution in [-0.4, -0.2) is 26.6 Å². The molecule has 0 aliphatic heterocycles. The van der Waals surface area contributed by atoms with Crippen molar-refractivity contribution in [3.63, 3.8) is 0 Å². The fourth-order valence-electron chi connectivity index (χ4n) is 2.92. The zero-order valence-corrected chi connectivity index (χ0v) is 14.3. The van der Waals surface area contributed by atoms with Crippen molar-refractivity contribution >= 4 is 16.9 Å². The second-order valence-electron chi connectivity index (χ2n) is 5.88. The topological polar surface area (TPSA) is 72.7 Å². The number of fused-ring (bicyclic) bond motifs is 1. The van der Waals surface area contributed by atoms with Crippen LogP contribution in [0.15, 0.2) is 71.9 Å². The smallest absolute Gasteiger partial charge is 0.278 e. The van der Waals surface area contributed by atoms with Gasteiger partial charge in [-0.05, 0) is 42.0 Å². The molecule has 0 bridgehead atoms. The minimum atomic E-state index is -0.173. The van der Waals surface area contributed by atoms with Gasteiger partial charge >= 0.3 is 0 Å². The summed E-state index contributed by atoms with van der Waals surface area (Å²) in [6, 6.07) is 15.1. The predicted molar refractivity (Wildman–Crippen MR) is 102 cm³/mol. The summed E-state index contributed by atoms with van der Waals surface area (Å²) in [4.78, 5) is 26.3. The number of rotatable bonds is 4. The molecule has 128 valence electrons. The van der Waals surface area contributed by atoms with Gasteiger partial charge in [0.2, 0.25) is 0 Å². The predicted octanol–water partition coefficient (Wildman–Crippen LogP) is 2.81. The third-order valence-electron chi connectivity index (χ3n) is 4.17. The Morgan fingerprint density at radius 2 is 1.96 bits per heavy atom. The van der Waals surface area contributed by atoms with E-state index in [2.05, 4.69) is 20.3 Å². The first kappa shape index (κ1) is 16.0. The van der Waals surface area contributed by atoms with Crippen LogP contribution in [0.25, 0.3) is 16.9 Å². The van der Waals surface area contributed by atoms with Gasteiger partial charge in [0.1, 0.15) is 11.2 Å². The number of benzene rings is 1. The molecule has 0 amide bonds. The van der Waals surface area contributed by atoms with E-state index >= 15 is 0 Å². The molecule has 4 aromatic rings. The Hall–Kier alpha value is -3.54. The van der Waals surface area contributed by atoms with Crippen LogP contribution in [0.2, 0.25) is 0 Å². The normalized spacial score (nSPS) is 10.8. The van der Waals surface area contributed by atoms with Crippen molar-refractivity contribution in [2.45, 2.75) is 6.42 Å². The van der Waals surface area contributed by atoms with E-state index < -0.39 is 0 Å². The van der Waals surface area contributed by atoms with E-state index in [1.165, 1.54) is 0 Å². The standard InChI is InChI=1S/C20H17N5O/c1-21-15-6-2-7-16(12-15)25-19-17(8-4-10-23-19)24-18(20(25)26)11-14-5-3-9-22-13-14/h2-10,12-13,21H,11H2,1H3. The fourth-order valence-corrected chi connectivity index (χ4v) is 2.92. The van der Waals surface area contributed by atoms with Crippen molar-refractivity contribution in [2.75, 3.05) is 12.4 Å². The summed E-state index contributed by atoms with van der Waals surface area (Å²) in [5, 5.41) is 3.10. The summed E-state index contributed by atoms with van der Waals surface area (Å²) in [6.07, 6.45) is 5.55. The van der Waals surface area contributed by atoms with Gasteiger partial charge in [0.05, 0.1) is 5.69 Å². The van der Waals surface area contributed by atoms with E-state index in [0.29, 0.717) is 23.3 Å². The third kappa shape index (κ3) is 2.93. The Morgan fingerprint density at radius 3 is 2.77 bits per heavy atom. The highest BCUT2D eigenvalue weighted by Crippen LogP contribution is 2.17. The molecule has 6 nitrogen and oxygen atoms in total. The maximum atomic E-state index is 13.2. The van der Waals surface area contributed by atoms with Crippen LogP contribution in [0.1, 0.15) is 11.3 Å². The average molecular weight is 343 g/mol. The van der Waals surface area contributed by atoms with Gasteiger partial charge < -0.3 is 5.32 Å². The fraction of sp³-hybridized carbons (Fsp3) is 0.100. The molecule has 3 aromatic heterocycles. The van der Waals surface area contributed by atoms with Crippen molar-refractivity contribution < 1.29 is 0 Å². The lowest BCUT2D eigenvalue weighted by molar-refractivity contribution is 0.925. The van der Waals surface area contributed by atoms with Crippen LogP contribution >= 0.6 is 0 Å². The molecule has 1 N–H and O–H groups in total. The Bertz CT molecular complexity index is 1120. The first-order chi connectivity index (χ1) is 12.8. The molecular formula is C20H17N5O. The molecule has 0 saturated heterocycles. The molecule has 26 heavy (non-hydrogen) atoms. The minimum Gasteiger partial charge on any atom is -0.388 e. The van der Waals surface area contributed by atoms with Crippen molar-refractivity contribution in [1.82, 2.24) is 19.5 Å². The van der Waals surface area contributed by atoms with Crippen molar-refractivity contribution in [2.24, 2.45) is 0 Å². The van der Waals surface area contributed by atoms with Gasteiger partial charge in [-0.2, -0.15) is 0 Å². The monoisotopic (exact) mass is 343 g/mol. The molecule has 1 aromatic carbocycles. The number of hydrogen-bond acceptors (Lipinski definition) is 5. The number of hydrogen-bond donors (Lipinski definition) is 1. The highest BCUT2D eigenvalue weighted by Gasteiger charge is 2.14. The minimum absolute atomic E-state index is 0.173. The molecule has 0 radical (unpaired) electrons. The Kier molecular flexibility index (Phi) is 4.15. The number of pyridine rings is 2. The van der Waals surface area contributed by atoms with E-state index in [4.69, 9.17) is 0 Å². The van der Waals surface area contributed by atoms with E-state index in [-0.39, 0.29) is 5.56 Å². The molecule has 0 aliphatic carbocycles. The van der Waals surface area contributed by atoms with Crippen molar-refractivity contribution in [3.05, 3.63) is 88.7 Å². The maximum Gasteiger partial charge on any atom is 0.278 e. The van der Waals surface area contributed by atoms with Gasteiger partial charge in [0, 0.05) is 37.7 Å². The largest absolute Gasteiger partial charge is 0.388 e. The number of aromatic nitrogens is 4. The zero-order valence-electron chi connectivity index (χ0n) is 14.3. The lowest BCUT2D eigenvalue weighted by atomic mass is 10.1. The van der Waals surface area contributed by atoms with E-state index in [9.17, 15) is 4.79 Å². The van der Waals surface area contributed by atoms with Crippen LogP contribution in [0.4, 0.5) is 5.69 Å². The molecule has 4 rings (SSSR count). The van der Waals surface area contributed by atoms with E-state index in [0.717, 1.165) is 16.9 Å². The highest BCUT2D eigenvalue weighted by molar-refractivity contribution is 5.72. The molecule has 3 heterocycles. The molecule has 0 saturated carbocycles. The van der Waals surface area contributed by atoms with Crippen molar-refractivity contribution in [1.29, 1.82) is 0 Å². The number of nitrogens with zero attached hydrogens (tertiary/aromatic N) is 4.